The predicted molar refractivity (Wildman–Crippen MR) is 42.9 cm³/mol. The van der Waals surface area contributed by atoms with Crippen LogP contribution in [0, 0.1) is 0 Å². The number of rotatable bonds is 0. The Bertz CT molecular complexity index is 111. The summed E-state index contributed by atoms with van der Waals surface area (Å²) in [6.07, 6.45) is 2.07. The minimum absolute atomic E-state index is 0.558. The third-order valence-electron chi connectivity index (χ3n) is 0.948. The highest BCUT2D eigenvalue weighted by Gasteiger charge is 2.11. The summed E-state index contributed by atoms with van der Waals surface area (Å²) in [5.74, 6) is 1.18. The minimum Gasteiger partial charge on any atom is -0.268 e. The van der Waals surface area contributed by atoms with Gasteiger partial charge in [0.05, 0.1) is 6.04 Å². The molecule has 0 bridgehead atoms. The van der Waals surface area contributed by atoms with Gasteiger partial charge in [0.15, 0.2) is 0 Å². The molecule has 1 unspecified atom stereocenters. The second-order valence-corrected chi connectivity index (χ2v) is 3.82. The van der Waals surface area contributed by atoms with E-state index in [9.17, 15) is 0 Å². The molecule has 0 aromatic heterocycles. The van der Waals surface area contributed by atoms with Gasteiger partial charge >= 0.3 is 0 Å². The van der Waals surface area contributed by atoms with E-state index < -0.39 is 0 Å². The maximum atomic E-state index is 4.35. The summed E-state index contributed by atoms with van der Waals surface area (Å²) < 4.78 is 1.25. The molecule has 1 nitrogen and oxygen atoms in total. The summed E-state index contributed by atoms with van der Waals surface area (Å²) in [6.45, 7) is 2.15. The number of nitrogens with zero attached hydrogens (tertiary/aromatic N) is 1. The van der Waals surface area contributed by atoms with Crippen LogP contribution in [0.2, 0.25) is 0 Å². The van der Waals surface area contributed by atoms with Crippen LogP contribution in [0.5, 0.6) is 0 Å². The lowest BCUT2D eigenvalue weighted by molar-refractivity contribution is 0.867. The number of aliphatic imine (C=N–C) groups is 1. The normalized spacial score (nSPS) is 28.2. The Labute approximate surface area is 58.3 Å². The minimum atomic E-state index is 0.558. The lowest BCUT2D eigenvalue weighted by Gasteiger charge is -1.87. The molecule has 0 aliphatic carbocycles. The third kappa shape index (κ3) is 1.42. The van der Waals surface area contributed by atoms with Crippen LogP contribution in [0.3, 0.4) is 0 Å². The van der Waals surface area contributed by atoms with Crippen LogP contribution in [-0.2, 0) is 0 Å². The van der Waals surface area contributed by atoms with Crippen molar-refractivity contribution in [3.05, 3.63) is 0 Å². The van der Waals surface area contributed by atoms with Crippen molar-refractivity contribution in [2.75, 3.05) is 12.0 Å². The van der Waals surface area contributed by atoms with Gasteiger partial charge in [-0.05, 0) is 13.2 Å². The Kier molecular flexibility index (Phi) is 2.26. The zero-order chi connectivity index (χ0) is 5.98. The second kappa shape index (κ2) is 2.78. The molecule has 0 radical (unpaired) electrons. The monoisotopic (exact) mass is 147 g/mol. The van der Waals surface area contributed by atoms with Crippen LogP contribution < -0.4 is 0 Å². The van der Waals surface area contributed by atoms with Gasteiger partial charge in [-0.2, -0.15) is 0 Å². The molecule has 0 saturated heterocycles. The van der Waals surface area contributed by atoms with Crippen LogP contribution in [-0.4, -0.2) is 22.4 Å². The van der Waals surface area contributed by atoms with E-state index in [1.54, 1.807) is 11.8 Å². The van der Waals surface area contributed by atoms with Crippen molar-refractivity contribution in [1.82, 2.24) is 0 Å². The molecule has 0 aromatic carbocycles. The Morgan fingerprint density at radius 2 is 2.62 bits per heavy atom. The Morgan fingerprint density at radius 1 is 1.88 bits per heavy atom. The summed E-state index contributed by atoms with van der Waals surface area (Å²) in [6, 6.07) is 0.558. The first-order valence-corrected chi connectivity index (χ1v) is 4.78. The molecule has 3 heteroatoms. The zero-order valence-electron chi connectivity index (χ0n) is 5.05. The highest BCUT2D eigenvalue weighted by molar-refractivity contribution is 8.38. The molecule has 0 saturated carbocycles. The van der Waals surface area contributed by atoms with Crippen LogP contribution in [0.15, 0.2) is 4.99 Å². The van der Waals surface area contributed by atoms with E-state index in [4.69, 9.17) is 0 Å². The number of hydrogen-bond donors (Lipinski definition) is 0. The van der Waals surface area contributed by atoms with Crippen molar-refractivity contribution in [1.29, 1.82) is 0 Å². The van der Waals surface area contributed by atoms with Gasteiger partial charge in [-0.15, -0.1) is 11.8 Å². The molecular formula is C5H9NS2. The molecule has 1 aliphatic heterocycles. The number of thioether (sulfide) groups is 2. The van der Waals surface area contributed by atoms with Crippen molar-refractivity contribution < 1.29 is 0 Å². The van der Waals surface area contributed by atoms with Crippen molar-refractivity contribution in [3.63, 3.8) is 0 Å². The average molecular weight is 147 g/mol. The van der Waals surface area contributed by atoms with E-state index in [0.717, 1.165) is 0 Å². The zero-order valence-corrected chi connectivity index (χ0v) is 6.68. The summed E-state index contributed by atoms with van der Waals surface area (Å²) in [4.78, 5) is 4.35. The Balaban J connectivity index is 2.44. The molecule has 0 N–H and O–H groups in total. The van der Waals surface area contributed by atoms with Gasteiger partial charge in [0, 0.05) is 5.75 Å². The van der Waals surface area contributed by atoms with Gasteiger partial charge in [0.1, 0.15) is 4.38 Å². The maximum Gasteiger partial charge on any atom is 0.124 e. The van der Waals surface area contributed by atoms with E-state index in [-0.39, 0.29) is 0 Å². The fraction of sp³-hybridized carbons (Fsp3) is 0.800. The van der Waals surface area contributed by atoms with Crippen LogP contribution >= 0.6 is 23.5 Å². The summed E-state index contributed by atoms with van der Waals surface area (Å²) in [7, 11) is 0. The Morgan fingerprint density at radius 3 is 2.88 bits per heavy atom. The average Bonchev–Trinajstić information content (AvgIpc) is 2.14. The van der Waals surface area contributed by atoms with E-state index in [2.05, 4.69) is 18.2 Å². The quantitative estimate of drug-likeness (QED) is 0.518. The van der Waals surface area contributed by atoms with Gasteiger partial charge in [0.25, 0.3) is 0 Å². The molecule has 1 aliphatic rings. The fourth-order valence-corrected chi connectivity index (χ4v) is 2.23. The van der Waals surface area contributed by atoms with E-state index >= 15 is 0 Å². The SMILES string of the molecule is CSC1=NC(C)CS1. The standard InChI is InChI=1S/C5H9NS2/c1-4-3-8-5(6-4)7-2/h4H,3H2,1-2H3. The molecular weight excluding hydrogens is 138 g/mol. The van der Waals surface area contributed by atoms with E-state index in [1.807, 2.05) is 11.8 Å². The maximum absolute atomic E-state index is 4.35. The van der Waals surface area contributed by atoms with Gasteiger partial charge in [-0.25, -0.2) is 0 Å². The van der Waals surface area contributed by atoms with Crippen molar-refractivity contribution in [2.45, 2.75) is 13.0 Å². The van der Waals surface area contributed by atoms with Crippen LogP contribution in [0.4, 0.5) is 0 Å². The molecule has 1 atom stereocenters. The molecule has 8 heavy (non-hydrogen) atoms. The highest BCUT2D eigenvalue weighted by atomic mass is 32.2. The molecule has 1 rings (SSSR count). The first-order valence-electron chi connectivity index (χ1n) is 2.57. The molecule has 0 fully saturated rings. The van der Waals surface area contributed by atoms with Gasteiger partial charge in [-0.3, -0.25) is 4.99 Å². The summed E-state index contributed by atoms with van der Waals surface area (Å²) in [5.41, 5.74) is 0. The largest absolute Gasteiger partial charge is 0.268 e. The molecule has 0 aromatic rings. The smallest absolute Gasteiger partial charge is 0.124 e. The first kappa shape index (κ1) is 6.49. The lowest BCUT2D eigenvalue weighted by Crippen LogP contribution is -1.92. The molecule has 46 valence electrons. The second-order valence-electron chi connectivity index (χ2n) is 1.76. The van der Waals surface area contributed by atoms with Gasteiger partial charge in [-0.1, -0.05) is 11.8 Å². The summed E-state index contributed by atoms with van der Waals surface area (Å²) >= 11 is 3.61. The molecule has 1 heterocycles. The highest BCUT2D eigenvalue weighted by Crippen LogP contribution is 2.23. The Hall–Kier alpha value is 0.370. The summed E-state index contributed by atoms with van der Waals surface area (Å²) in [5, 5.41) is 0. The van der Waals surface area contributed by atoms with Gasteiger partial charge < -0.3 is 0 Å². The van der Waals surface area contributed by atoms with Crippen molar-refractivity contribution in [2.24, 2.45) is 4.99 Å². The van der Waals surface area contributed by atoms with Crippen LogP contribution in [0.1, 0.15) is 6.92 Å². The van der Waals surface area contributed by atoms with Crippen LogP contribution in [0.25, 0.3) is 0 Å². The van der Waals surface area contributed by atoms with Crippen molar-refractivity contribution >= 4 is 27.9 Å². The van der Waals surface area contributed by atoms with Crippen molar-refractivity contribution in [3.8, 4) is 0 Å². The van der Waals surface area contributed by atoms with Gasteiger partial charge in [0.2, 0.25) is 0 Å². The molecule has 0 spiro atoms. The van der Waals surface area contributed by atoms with E-state index in [0.29, 0.717) is 6.04 Å². The predicted octanol–water partition coefficient (Wildman–Crippen LogP) is 1.84. The third-order valence-corrected chi connectivity index (χ3v) is 3.26. The van der Waals surface area contributed by atoms with E-state index in [1.165, 1.54) is 10.1 Å². The first-order chi connectivity index (χ1) is 3.83. The lowest BCUT2D eigenvalue weighted by atomic mass is 10.4. The molecule has 0 amide bonds. The topological polar surface area (TPSA) is 12.4 Å². The fourth-order valence-electron chi connectivity index (χ4n) is 0.558. The number of hydrogen-bond acceptors (Lipinski definition) is 3.